The van der Waals surface area contributed by atoms with Crippen molar-refractivity contribution in [3.8, 4) is 5.75 Å². The maximum atomic E-state index is 6.23. The molecule has 0 saturated heterocycles. The summed E-state index contributed by atoms with van der Waals surface area (Å²) in [6, 6.07) is 29.1. The van der Waals surface area contributed by atoms with Crippen LogP contribution in [-0.2, 0) is 13.2 Å². The van der Waals surface area contributed by atoms with E-state index >= 15 is 0 Å². The van der Waals surface area contributed by atoms with Crippen LogP contribution >= 0.6 is 31.9 Å². The van der Waals surface area contributed by atoms with E-state index in [2.05, 4.69) is 97.8 Å². The van der Waals surface area contributed by atoms with E-state index in [4.69, 9.17) is 4.74 Å². The van der Waals surface area contributed by atoms with Crippen LogP contribution in [0.3, 0.4) is 0 Å². The molecule has 0 radical (unpaired) electrons. The molecule has 4 aromatic rings. The molecular weight excluding hydrogens is 478 g/mol. The lowest BCUT2D eigenvalue weighted by atomic mass is 10.1. The lowest BCUT2D eigenvalue weighted by molar-refractivity contribution is 0.304. The van der Waals surface area contributed by atoms with Gasteiger partial charge in [0.15, 0.2) is 0 Å². The van der Waals surface area contributed by atoms with Crippen LogP contribution in [0, 0.1) is 0 Å². The first kappa shape index (κ1) is 19.0. The lowest BCUT2D eigenvalue weighted by Crippen LogP contribution is -2.04. The van der Waals surface area contributed by atoms with Crippen molar-refractivity contribution in [1.29, 1.82) is 0 Å². The first-order chi connectivity index (χ1) is 13.7. The van der Waals surface area contributed by atoms with Crippen molar-refractivity contribution >= 4 is 48.3 Å². The van der Waals surface area contributed by atoms with Gasteiger partial charge >= 0.3 is 0 Å². The molecule has 28 heavy (non-hydrogen) atoms. The molecule has 0 fully saturated rings. The van der Waals surface area contributed by atoms with E-state index in [9.17, 15) is 0 Å². The highest BCUT2D eigenvalue weighted by Gasteiger charge is 2.07. The molecule has 4 rings (SSSR count). The van der Waals surface area contributed by atoms with Gasteiger partial charge in [-0.25, -0.2) is 0 Å². The maximum absolute atomic E-state index is 6.23. The third-order valence-corrected chi connectivity index (χ3v) is 5.63. The number of nitrogens with one attached hydrogen (secondary N) is 1. The van der Waals surface area contributed by atoms with Crippen molar-refractivity contribution in [3.05, 3.63) is 105 Å². The second-order valence-electron chi connectivity index (χ2n) is 6.54. The van der Waals surface area contributed by atoms with Crippen molar-refractivity contribution < 1.29 is 4.74 Å². The summed E-state index contributed by atoms with van der Waals surface area (Å²) in [5.41, 5.74) is 3.37. The number of halogens is 2. The molecule has 140 valence electrons. The van der Waals surface area contributed by atoms with Gasteiger partial charge in [0.1, 0.15) is 12.4 Å². The molecule has 2 nitrogen and oxygen atoms in total. The summed E-state index contributed by atoms with van der Waals surface area (Å²) in [6.07, 6.45) is 0. The smallest absolute Gasteiger partial charge is 0.124 e. The van der Waals surface area contributed by atoms with E-state index in [-0.39, 0.29) is 0 Å². The van der Waals surface area contributed by atoms with Crippen LogP contribution in [0.1, 0.15) is 11.1 Å². The zero-order valence-electron chi connectivity index (χ0n) is 15.2. The quantitative estimate of drug-likeness (QED) is 0.297. The van der Waals surface area contributed by atoms with Crippen LogP contribution < -0.4 is 10.1 Å². The van der Waals surface area contributed by atoms with E-state index in [1.807, 2.05) is 24.3 Å². The van der Waals surface area contributed by atoms with Gasteiger partial charge in [0.25, 0.3) is 0 Å². The summed E-state index contributed by atoms with van der Waals surface area (Å²) in [6.45, 7) is 1.22. The number of fused-ring (bicyclic) bond motifs is 1. The molecule has 0 heterocycles. The van der Waals surface area contributed by atoms with Gasteiger partial charge in [-0.05, 0) is 58.8 Å². The average molecular weight is 497 g/mol. The summed E-state index contributed by atoms with van der Waals surface area (Å²) >= 11 is 7.04. The van der Waals surface area contributed by atoms with Gasteiger partial charge in [0.05, 0.1) is 0 Å². The van der Waals surface area contributed by atoms with Crippen molar-refractivity contribution in [2.24, 2.45) is 0 Å². The van der Waals surface area contributed by atoms with Crippen molar-refractivity contribution in [1.82, 2.24) is 0 Å². The Kier molecular flexibility index (Phi) is 5.98. The molecule has 0 spiro atoms. The first-order valence-electron chi connectivity index (χ1n) is 9.06. The number of rotatable bonds is 6. The minimum Gasteiger partial charge on any atom is -0.489 e. The molecule has 4 aromatic carbocycles. The van der Waals surface area contributed by atoms with Crippen LogP contribution in [0.25, 0.3) is 10.8 Å². The summed E-state index contributed by atoms with van der Waals surface area (Å²) in [7, 11) is 0. The molecule has 0 aliphatic rings. The molecule has 0 saturated carbocycles. The fraction of sp³-hybridized carbons (Fsp3) is 0.0833. The summed E-state index contributed by atoms with van der Waals surface area (Å²) in [5, 5.41) is 5.93. The van der Waals surface area contributed by atoms with Gasteiger partial charge in [0, 0.05) is 26.7 Å². The zero-order chi connectivity index (χ0) is 19.3. The predicted molar refractivity (Wildman–Crippen MR) is 124 cm³/mol. The van der Waals surface area contributed by atoms with Crippen molar-refractivity contribution in [2.75, 3.05) is 5.32 Å². The highest BCUT2D eigenvalue weighted by Crippen LogP contribution is 2.27. The first-order valence-corrected chi connectivity index (χ1v) is 10.6. The minimum absolute atomic E-state index is 0.536. The Morgan fingerprint density at radius 2 is 1.46 bits per heavy atom. The molecule has 0 amide bonds. The molecule has 0 bridgehead atoms. The molecule has 0 atom stereocenters. The summed E-state index contributed by atoms with van der Waals surface area (Å²) in [4.78, 5) is 0. The van der Waals surface area contributed by atoms with Crippen LogP contribution in [-0.4, -0.2) is 0 Å². The third-order valence-electron chi connectivity index (χ3n) is 4.61. The van der Waals surface area contributed by atoms with E-state index in [0.717, 1.165) is 25.9 Å². The van der Waals surface area contributed by atoms with Crippen LogP contribution in [0.15, 0.2) is 93.9 Å². The monoisotopic (exact) mass is 495 g/mol. The maximum Gasteiger partial charge on any atom is 0.124 e. The number of benzene rings is 4. The molecule has 0 aliphatic heterocycles. The summed E-state index contributed by atoms with van der Waals surface area (Å²) < 4.78 is 8.33. The second-order valence-corrected chi connectivity index (χ2v) is 8.37. The Morgan fingerprint density at radius 3 is 2.32 bits per heavy atom. The van der Waals surface area contributed by atoms with Crippen LogP contribution in [0.4, 0.5) is 5.69 Å². The molecule has 0 aliphatic carbocycles. The minimum atomic E-state index is 0.536. The second kappa shape index (κ2) is 8.80. The van der Waals surface area contributed by atoms with Gasteiger partial charge in [-0.1, -0.05) is 74.3 Å². The van der Waals surface area contributed by atoms with E-state index in [1.165, 1.54) is 16.3 Å². The van der Waals surface area contributed by atoms with Crippen LogP contribution in [0.2, 0.25) is 0 Å². The van der Waals surface area contributed by atoms with E-state index in [0.29, 0.717) is 13.2 Å². The third kappa shape index (κ3) is 4.57. The van der Waals surface area contributed by atoms with E-state index in [1.54, 1.807) is 0 Å². The van der Waals surface area contributed by atoms with Gasteiger partial charge in [-0.2, -0.15) is 0 Å². The Labute approximate surface area is 181 Å². The molecule has 0 aromatic heterocycles. The van der Waals surface area contributed by atoms with Crippen LogP contribution in [0.5, 0.6) is 5.75 Å². The van der Waals surface area contributed by atoms with E-state index < -0.39 is 0 Å². The Balaban J connectivity index is 1.52. The standard InChI is InChI=1S/C24H19Br2NO/c25-20-8-11-22(12-9-20)27-15-19-14-21(26)10-13-24(19)28-16-18-6-3-5-17-4-1-2-7-23(17)18/h1-14,27H,15-16H2. The van der Waals surface area contributed by atoms with Crippen molar-refractivity contribution in [2.45, 2.75) is 13.2 Å². The largest absolute Gasteiger partial charge is 0.489 e. The summed E-state index contributed by atoms with van der Waals surface area (Å²) in [5.74, 6) is 0.890. The fourth-order valence-corrected chi connectivity index (χ4v) is 3.84. The zero-order valence-corrected chi connectivity index (χ0v) is 18.3. The molecule has 4 heteroatoms. The SMILES string of the molecule is Brc1ccc(NCc2cc(Br)ccc2OCc2cccc3ccccc23)cc1. The number of hydrogen-bond acceptors (Lipinski definition) is 2. The van der Waals surface area contributed by atoms with Gasteiger partial charge < -0.3 is 10.1 Å². The molecular formula is C24H19Br2NO. The number of ether oxygens (including phenoxy) is 1. The number of hydrogen-bond donors (Lipinski definition) is 1. The normalized spacial score (nSPS) is 10.8. The van der Waals surface area contributed by atoms with Crippen molar-refractivity contribution in [3.63, 3.8) is 0 Å². The Morgan fingerprint density at radius 1 is 0.714 bits per heavy atom. The average Bonchev–Trinajstić information content (AvgIpc) is 2.72. The highest BCUT2D eigenvalue weighted by molar-refractivity contribution is 9.10. The van der Waals surface area contributed by atoms with Gasteiger partial charge in [-0.15, -0.1) is 0 Å². The number of anilines is 1. The Hall–Kier alpha value is -2.30. The predicted octanol–water partition coefficient (Wildman–Crippen LogP) is 7.56. The Bertz CT molecular complexity index is 1090. The highest BCUT2D eigenvalue weighted by atomic mass is 79.9. The van der Waals surface area contributed by atoms with Gasteiger partial charge in [-0.3, -0.25) is 0 Å². The fourth-order valence-electron chi connectivity index (χ4n) is 3.17. The van der Waals surface area contributed by atoms with Gasteiger partial charge in [0.2, 0.25) is 0 Å². The molecule has 1 N–H and O–H groups in total. The molecule has 0 unspecified atom stereocenters. The lowest BCUT2D eigenvalue weighted by Gasteiger charge is -2.14. The topological polar surface area (TPSA) is 21.3 Å².